The molecule has 0 unspecified atom stereocenters. The Morgan fingerprint density at radius 2 is 2.18 bits per heavy atom. The van der Waals surface area contributed by atoms with Crippen molar-refractivity contribution in [3.05, 3.63) is 11.4 Å². The van der Waals surface area contributed by atoms with E-state index in [-0.39, 0.29) is 0 Å². The van der Waals surface area contributed by atoms with Crippen molar-refractivity contribution in [3.8, 4) is 0 Å². The van der Waals surface area contributed by atoms with E-state index >= 15 is 0 Å². The molecule has 0 fully saturated rings. The lowest BCUT2D eigenvalue weighted by atomic mass is 10.2. The summed E-state index contributed by atoms with van der Waals surface area (Å²) in [6.07, 6.45) is 1.34. The quantitative estimate of drug-likeness (QED) is 0.498. The second-order valence-electron chi connectivity index (χ2n) is 2.16. The predicted octanol–water partition coefficient (Wildman–Crippen LogP) is 0.693. The average molecular weight is 148 g/mol. The molecule has 5 nitrogen and oxygen atoms in total. The fraction of sp³-hybridized carbons (Fsp3) is 0.167. The molecule has 0 aromatic rings. The van der Waals surface area contributed by atoms with Gasteiger partial charge >= 0.3 is 5.91 Å². The summed E-state index contributed by atoms with van der Waals surface area (Å²) in [5.74, 6) is -0.414. The third kappa shape index (κ3) is 0.739. The molecule has 0 aliphatic carbocycles. The maximum absolute atomic E-state index is 10.9. The van der Waals surface area contributed by atoms with Gasteiger partial charge in [-0.2, -0.15) is 0 Å². The molecule has 54 valence electrons. The summed E-state index contributed by atoms with van der Waals surface area (Å²) in [4.78, 5) is 18.5. The van der Waals surface area contributed by atoms with Crippen molar-refractivity contribution in [2.24, 2.45) is 20.2 Å². The molecule has 2 rings (SSSR count). The fourth-order valence-electron chi connectivity index (χ4n) is 0.903. The lowest BCUT2D eigenvalue weighted by molar-refractivity contribution is -0.112. The van der Waals surface area contributed by atoms with Crippen LogP contribution in [0.5, 0.6) is 0 Å². The summed E-state index contributed by atoms with van der Waals surface area (Å²) in [7, 11) is 0. The molecule has 0 atom stereocenters. The van der Waals surface area contributed by atoms with Gasteiger partial charge < -0.3 is 0 Å². The van der Waals surface area contributed by atoms with Crippen LogP contribution in [0.15, 0.2) is 31.6 Å². The van der Waals surface area contributed by atoms with Crippen LogP contribution in [0.4, 0.5) is 0 Å². The van der Waals surface area contributed by atoms with Crippen molar-refractivity contribution in [2.45, 2.75) is 6.92 Å². The van der Waals surface area contributed by atoms with Crippen LogP contribution in [0.2, 0.25) is 0 Å². The van der Waals surface area contributed by atoms with Gasteiger partial charge in [0, 0.05) is 0 Å². The lowest BCUT2D eigenvalue weighted by Crippen LogP contribution is -2.14. The van der Waals surface area contributed by atoms with E-state index in [9.17, 15) is 4.79 Å². The van der Waals surface area contributed by atoms with E-state index in [4.69, 9.17) is 0 Å². The molecule has 0 radical (unpaired) electrons. The predicted molar refractivity (Wildman–Crippen MR) is 38.5 cm³/mol. The molecular formula is C6H4N4O. The largest absolute Gasteiger partial charge is 0.316 e. The summed E-state index contributed by atoms with van der Waals surface area (Å²) in [5, 5.41) is 6.99. The second-order valence-corrected chi connectivity index (χ2v) is 2.16. The minimum atomic E-state index is -0.414. The Bertz CT molecular complexity index is 348. The third-order valence-corrected chi connectivity index (χ3v) is 1.43. The highest BCUT2D eigenvalue weighted by Gasteiger charge is 2.24. The maximum atomic E-state index is 10.9. The number of carbonyl (C=O) groups is 1. The number of hydrogen-bond acceptors (Lipinski definition) is 4. The number of amides is 1. The highest BCUT2D eigenvalue weighted by atomic mass is 16.2. The third-order valence-electron chi connectivity index (χ3n) is 1.43. The summed E-state index contributed by atoms with van der Waals surface area (Å²) >= 11 is 0. The number of hydrogen-bond donors (Lipinski definition) is 0. The minimum absolute atomic E-state index is 0.303. The van der Waals surface area contributed by atoms with E-state index in [1.54, 1.807) is 6.92 Å². The molecule has 2 aliphatic heterocycles. The zero-order chi connectivity index (χ0) is 7.84. The Labute approximate surface area is 62.3 Å². The molecule has 0 aromatic carbocycles. The van der Waals surface area contributed by atoms with Crippen LogP contribution in [-0.2, 0) is 4.79 Å². The van der Waals surface area contributed by atoms with Crippen LogP contribution in [0.25, 0.3) is 0 Å². The molecule has 2 heterocycles. The molecule has 0 aromatic heterocycles. The highest BCUT2D eigenvalue weighted by molar-refractivity contribution is 6.48. The Kier molecular flexibility index (Phi) is 1.06. The van der Waals surface area contributed by atoms with Gasteiger partial charge in [-0.1, -0.05) is 0 Å². The number of fused-ring (bicyclic) bond motifs is 1. The molecule has 5 heteroatoms. The average Bonchev–Trinajstić information content (AvgIpc) is 2.45. The Morgan fingerprint density at radius 1 is 1.36 bits per heavy atom. The molecule has 0 spiro atoms. The van der Waals surface area contributed by atoms with Gasteiger partial charge in [-0.3, -0.25) is 4.79 Å². The van der Waals surface area contributed by atoms with Gasteiger partial charge in [-0.25, -0.2) is 9.98 Å². The van der Waals surface area contributed by atoms with Crippen LogP contribution in [0.3, 0.4) is 0 Å². The van der Waals surface area contributed by atoms with E-state index in [2.05, 4.69) is 20.2 Å². The minimum Gasteiger partial charge on any atom is -0.263 e. The van der Waals surface area contributed by atoms with Crippen LogP contribution in [0.1, 0.15) is 6.92 Å². The second kappa shape index (κ2) is 1.91. The normalized spacial score (nSPS) is 20.8. The Balaban J connectivity index is 2.60. The van der Waals surface area contributed by atoms with Crippen LogP contribution in [0, 0.1) is 0 Å². The molecule has 0 N–H and O–H groups in total. The van der Waals surface area contributed by atoms with Crippen molar-refractivity contribution in [2.75, 3.05) is 0 Å². The zero-order valence-corrected chi connectivity index (χ0v) is 5.77. The highest BCUT2D eigenvalue weighted by Crippen LogP contribution is 2.18. The first-order chi connectivity index (χ1) is 5.29. The van der Waals surface area contributed by atoms with Gasteiger partial charge in [-0.05, 0) is 6.92 Å². The number of allylic oxidation sites excluding steroid dienone is 1. The molecular weight excluding hydrogens is 144 g/mol. The first-order valence-corrected chi connectivity index (χ1v) is 3.06. The lowest BCUT2D eigenvalue weighted by Gasteiger charge is -2.02. The topological polar surface area (TPSA) is 66.5 Å². The van der Waals surface area contributed by atoms with Gasteiger partial charge in [0.2, 0.25) is 0 Å². The first-order valence-electron chi connectivity index (χ1n) is 3.06. The number of azo groups is 1. The van der Waals surface area contributed by atoms with Gasteiger partial charge in [0.15, 0.2) is 5.71 Å². The van der Waals surface area contributed by atoms with E-state index in [0.717, 1.165) is 0 Å². The van der Waals surface area contributed by atoms with Crippen LogP contribution < -0.4 is 0 Å². The summed E-state index contributed by atoms with van der Waals surface area (Å²) in [6, 6.07) is 0. The van der Waals surface area contributed by atoms with Crippen LogP contribution in [-0.4, -0.2) is 18.0 Å². The van der Waals surface area contributed by atoms with Crippen molar-refractivity contribution in [1.29, 1.82) is 0 Å². The van der Waals surface area contributed by atoms with E-state index < -0.39 is 5.91 Å². The zero-order valence-electron chi connectivity index (χ0n) is 5.77. The standard InChI is InChI=1S/C6H4N4O/c1-3-4-5(8-2-7-4)6(11)10-9-3/h2H,1H3. The van der Waals surface area contributed by atoms with Crippen molar-refractivity contribution >= 4 is 18.0 Å². The number of aliphatic imine (C=N–C) groups is 2. The molecule has 0 saturated heterocycles. The van der Waals surface area contributed by atoms with Gasteiger partial charge in [0.05, 0.1) is 5.70 Å². The van der Waals surface area contributed by atoms with Crippen molar-refractivity contribution in [3.63, 3.8) is 0 Å². The van der Waals surface area contributed by atoms with Gasteiger partial charge in [-0.15, -0.1) is 10.2 Å². The Morgan fingerprint density at radius 3 is 2.91 bits per heavy atom. The van der Waals surface area contributed by atoms with E-state index in [1.807, 2.05) is 0 Å². The Hall–Kier alpha value is -1.65. The smallest absolute Gasteiger partial charge is 0.263 e. The van der Waals surface area contributed by atoms with Gasteiger partial charge in [0.25, 0.3) is 0 Å². The molecule has 0 bridgehead atoms. The number of carbonyl (C=O) groups excluding carboxylic acids is 1. The van der Waals surface area contributed by atoms with Crippen molar-refractivity contribution in [1.82, 2.24) is 0 Å². The number of nitrogens with zero attached hydrogens (tertiary/aromatic N) is 4. The van der Waals surface area contributed by atoms with E-state index in [0.29, 0.717) is 17.1 Å². The van der Waals surface area contributed by atoms with Crippen molar-refractivity contribution < 1.29 is 4.79 Å². The monoisotopic (exact) mass is 148 g/mol. The van der Waals surface area contributed by atoms with Gasteiger partial charge in [0.1, 0.15) is 12.0 Å². The summed E-state index contributed by atoms with van der Waals surface area (Å²) in [5.41, 5.74) is 1.49. The fourth-order valence-corrected chi connectivity index (χ4v) is 0.903. The van der Waals surface area contributed by atoms with E-state index in [1.165, 1.54) is 6.34 Å². The first kappa shape index (κ1) is 6.09. The molecule has 1 amide bonds. The molecule has 2 aliphatic rings. The summed E-state index contributed by atoms with van der Waals surface area (Å²) in [6.45, 7) is 1.74. The SMILES string of the molecule is CC1=C2N=CN=C2C(=O)N=N1. The molecule has 0 saturated carbocycles. The maximum Gasteiger partial charge on any atom is 0.316 e. The molecule has 11 heavy (non-hydrogen) atoms. The number of rotatable bonds is 0. The summed E-state index contributed by atoms with van der Waals surface area (Å²) < 4.78 is 0. The van der Waals surface area contributed by atoms with Crippen LogP contribution >= 0.6 is 0 Å².